The van der Waals surface area contributed by atoms with Crippen LogP contribution in [0.5, 0.6) is 0 Å². The molecular formula is C13H17NO. The van der Waals surface area contributed by atoms with Gasteiger partial charge in [-0.3, -0.25) is 4.79 Å². The summed E-state index contributed by atoms with van der Waals surface area (Å²) in [5.74, 6) is 0.372. The first kappa shape index (κ1) is 10.2. The maximum Gasteiger partial charge on any atom is 0.154 e. The van der Waals surface area contributed by atoms with Crippen LogP contribution in [0.1, 0.15) is 26.2 Å². The Bertz CT molecular complexity index is 334. The Morgan fingerprint density at radius 1 is 1.40 bits per heavy atom. The lowest BCUT2D eigenvalue weighted by molar-refractivity contribution is -0.119. The number of ketones is 1. The second-order valence-electron chi connectivity index (χ2n) is 4.01. The molecule has 2 rings (SSSR count). The third kappa shape index (κ3) is 2.04. The summed E-state index contributed by atoms with van der Waals surface area (Å²) in [5.41, 5.74) is 1.18. The van der Waals surface area contributed by atoms with Crippen LogP contribution in [-0.4, -0.2) is 18.4 Å². The molecule has 0 spiro atoms. The first-order valence-electron chi connectivity index (χ1n) is 5.67. The van der Waals surface area contributed by atoms with Crippen molar-refractivity contribution in [1.29, 1.82) is 0 Å². The molecule has 2 heteroatoms. The lowest BCUT2D eigenvalue weighted by atomic mass is 10.1. The molecule has 0 radical (unpaired) electrons. The fourth-order valence-electron chi connectivity index (χ4n) is 2.27. The van der Waals surface area contributed by atoms with Gasteiger partial charge in [-0.2, -0.15) is 0 Å². The van der Waals surface area contributed by atoms with Crippen molar-refractivity contribution in [3.8, 4) is 0 Å². The van der Waals surface area contributed by atoms with E-state index in [1.165, 1.54) is 5.69 Å². The molecule has 15 heavy (non-hydrogen) atoms. The number of hydrogen-bond acceptors (Lipinski definition) is 2. The van der Waals surface area contributed by atoms with E-state index in [9.17, 15) is 4.79 Å². The fourth-order valence-corrected chi connectivity index (χ4v) is 2.27. The largest absolute Gasteiger partial charge is 0.361 e. The predicted molar refractivity (Wildman–Crippen MR) is 62.1 cm³/mol. The van der Waals surface area contributed by atoms with Gasteiger partial charge in [-0.15, -0.1) is 0 Å². The smallest absolute Gasteiger partial charge is 0.154 e. The summed E-state index contributed by atoms with van der Waals surface area (Å²) in [4.78, 5) is 14.0. The van der Waals surface area contributed by atoms with Crippen LogP contribution in [0.25, 0.3) is 0 Å². The summed E-state index contributed by atoms with van der Waals surface area (Å²) in [5, 5.41) is 0. The molecule has 1 atom stereocenters. The van der Waals surface area contributed by atoms with Gasteiger partial charge in [0.05, 0.1) is 6.04 Å². The van der Waals surface area contributed by atoms with Crippen molar-refractivity contribution in [3.05, 3.63) is 30.3 Å². The van der Waals surface area contributed by atoms with Crippen LogP contribution in [0, 0.1) is 0 Å². The van der Waals surface area contributed by atoms with Gasteiger partial charge in [0.1, 0.15) is 0 Å². The highest BCUT2D eigenvalue weighted by Crippen LogP contribution is 2.26. The molecule has 1 unspecified atom stereocenters. The molecule has 80 valence electrons. The van der Waals surface area contributed by atoms with Gasteiger partial charge in [0.25, 0.3) is 0 Å². The number of Topliss-reactive ketones (excluding diaryl/α,β-unsaturated/α-hetero) is 1. The van der Waals surface area contributed by atoms with Gasteiger partial charge in [-0.1, -0.05) is 25.1 Å². The maximum absolute atomic E-state index is 11.8. The van der Waals surface area contributed by atoms with Crippen molar-refractivity contribution in [3.63, 3.8) is 0 Å². The molecule has 1 aliphatic heterocycles. The highest BCUT2D eigenvalue weighted by Gasteiger charge is 2.29. The second kappa shape index (κ2) is 4.47. The van der Waals surface area contributed by atoms with Crippen LogP contribution in [0.2, 0.25) is 0 Å². The standard InChI is InChI=1S/C13H17NO/c1-2-13(15)12-9-6-10-14(12)11-7-4-3-5-8-11/h3-5,7-8,12H,2,6,9-10H2,1H3. The number of carbonyl (C=O) groups is 1. The van der Waals surface area contributed by atoms with Crippen molar-refractivity contribution in [2.24, 2.45) is 0 Å². The Labute approximate surface area is 90.9 Å². The Morgan fingerprint density at radius 2 is 2.13 bits per heavy atom. The van der Waals surface area contributed by atoms with Crippen LogP contribution in [0.15, 0.2) is 30.3 Å². The Hall–Kier alpha value is -1.31. The number of nitrogens with zero attached hydrogens (tertiary/aromatic N) is 1. The van der Waals surface area contributed by atoms with E-state index >= 15 is 0 Å². The van der Waals surface area contributed by atoms with E-state index in [-0.39, 0.29) is 6.04 Å². The first-order chi connectivity index (χ1) is 7.33. The molecule has 1 saturated heterocycles. The third-order valence-electron chi connectivity index (χ3n) is 3.06. The molecule has 1 aliphatic rings. The van der Waals surface area contributed by atoms with Crippen LogP contribution in [0.4, 0.5) is 5.69 Å². The minimum Gasteiger partial charge on any atom is -0.361 e. The average molecular weight is 203 g/mol. The Kier molecular flexibility index (Phi) is 3.05. The molecular weight excluding hydrogens is 186 g/mol. The van der Waals surface area contributed by atoms with E-state index < -0.39 is 0 Å². The molecule has 1 aromatic rings. The summed E-state index contributed by atoms with van der Waals surface area (Å²) in [7, 11) is 0. The molecule has 0 aromatic heterocycles. The van der Waals surface area contributed by atoms with E-state index in [1.54, 1.807) is 0 Å². The number of anilines is 1. The highest BCUT2D eigenvalue weighted by molar-refractivity contribution is 5.87. The van der Waals surface area contributed by atoms with Gasteiger partial charge >= 0.3 is 0 Å². The summed E-state index contributed by atoms with van der Waals surface area (Å²) >= 11 is 0. The summed E-state index contributed by atoms with van der Waals surface area (Å²) in [6, 6.07) is 10.4. The normalized spacial score (nSPS) is 20.6. The molecule has 1 aromatic carbocycles. The summed E-state index contributed by atoms with van der Waals surface area (Å²) in [6.45, 7) is 2.96. The zero-order valence-electron chi connectivity index (χ0n) is 9.15. The third-order valence-corrected chi connectivity index (χ3v) is 3.06. The van der Waals surface area contributed by atoms with E-state index in [0.717, 1.165) is 19.4 Å². The quantitative estimate of drug-likeness (QED) is 0.752. The van der Waals surface area contributed by atoms with Crippen LogP contribution < -0.4 is 4.90 Å². The molecule has 0 saturated carbocycles. The summed E-state index contributed by atoms with van der Waals surface area (Å²) < 4.78 is 0. The van der Waals surface area contributed by atoms with Gasteiger partial charge in [-0.25, -0.2) is 0 Å². The number of para-hydroxylation sites is 1. The van der Waals surface area contributed by atoms with Crippen molar-refractivity contribution < 1.29 is 4.79 Å². The molecule has 2 nitrogen and oxygen atoms in total. The van der Waals surface area contributed by atoms with Crippen LogP contribution in [0.3, 0.4) is 0 Å². The zero-order chi connectivity index (χ0) is 10.7. The topological polar surface area (TPSA) is 20.3 Å². The molecule has 1 heterocycles. The molecule has 0 amide bonds. The fraction of sp³-hybridized carbons (Fsp3) is 0.462. The van der Waals surface area contributed by atoms with Gasteiger partial charge in [0, 0.05) is 18.7 Å². The van der Waals surface area contributed by atoms with E-state index in [4.69, 9.17) is 0 Å². The van der Waals surface area contributed by atoms with Crippen molar-refractivity contribution >= 4 is 11.5 Å². The van der Waals surface area contributed by atoms with E-state index in [2.05, 4.69) is 17.0 Å². The SMILES string of the molecule is CCC(=O)C1CCCN1c1ccccc1. The van der Waals surface area contributed by atoms with E-state index in [0.29, 0.717) is 12.2 Å². The predicted octanol–water partition coefficient (Wildman–Crippen LogP) is 2.63. The Morgan fingerprint density at radius 3 is 2.80 bits per heavy atom. The number of carbonyl (C=O) groups excluding carboxylic acids is 1. The number of rotatable bonds is 3. The van der Waals surface area contributed by atoms with Gasteiger partial charge in [-0.05, 0) is 25.0 Å². The number of hydrogen-bond donors (Lipinski definition) is 0. The lowest BCUT2D eigenvalue weighted by Gasteiger charge is -2.25. The van der Waals surface area contributed by atoms with Crippen LogP contribution in [-0.2, 0) is 4.79 Å². The van der Waals surface area contributed by atoms with E-state index in [1.807, 2.05) is 25.1 Å². The van der Waals surface area contributed by atoms with Gasteiger partial charge in [0.2, 0.25) is 0 Å². The molecule has 1 fully saturated rings. The maximum atomic E-state index is 11.8. The summed E-state index contributed by atoms with van der Waals surface area (Å²) in [6.07, 6.45) is 2.79. The van der Waals surface area contributed by atoms with Crippen molar-refractivity contribution in [2.75, 3.05) is 11.4 Å². The number of benzene rings is 1. The monoisotopic (exact) mass is 203 g/mol. The molecule has 0 aliphatic carbocycles. The Balaban J connectivity index is 2.18. The zero-order valence-corrected chi connectivity index (χ0v) is 9.15. The van der Waals surface area contributed by atoms with Crippen LogP contribution >= 0.6 is 0 Å². The second-order valence-corrected chi connectivity index (χ2v) is 4.01. The minimum absolute atomic E-state index is 0.123. The van der Waals surface area contributed by atoms with Gasteiger partial charge in [0.15, 0.2) is 5.78 Å². The molecule has 0 bridgehead atoms. The highest BCUT2D eigenvalue weighted by atomic mass is 16.1. The average Bonchev–Trinajstić information content (AvgIpc) is 2.78. The van der Waals surface area contributed by atoms with Gasteiger partial charge < -0.3 is 4.90 Å². The lowest BCUT2D eigenvalue weighted by Crippen LogP contribution is -2.35. The first-order valence-corrected chi connectivity index (χ1v) is 5.67. The minimum atomic E-state index is 0.123. The van der Waals surface area contributed by atoms with Crippen molar-refractivity contribution in [2.45, 2.75) is 32.2 Å². The molecule has 0 N–H and O–H groups in total. The van der Waals surface area contributed by atoms with Crippen molar-refractivity contribution in [1.82, 2.24) is 0 Å².